The minimum atomic E-state index is -0.529. The van der Waals surface area contributed by atoms with Crippen molar-refractivity contribution in [1.29, 1.82) is 0 Å². The average molecular weight is 555 g/mol. The molecular weight excluding hydrogens is 520 g/mol. The van der Waals surface area contributed by atoms with E-state index >= 15 is 0 Å². The zero-order valence-electron chi connectivity index (χ0n) is 23.4. The number of esters is 1. The van der Waals surface area contributed by atoms with Crippen LogP contribution in [0.3, 0.4) is 0 Å². The molecule has 2 aliphatic heterocycles. The van der Waals surface area contributed by atoms with Crippen LogP contribution in [0.2, 0.25) is 0 Å². The Bertz CT molecular complexity index is 1460. The number of Topliss-reactive ketones (excluding diaryl/α,β-unsaturated/α-hetero) is 1. The molecule has 1 saturated heterocycles. The first-order valence-electron chi connectivity index (χ1n) is 14.0. The van der Waals surface area contributed by atoms with E-state index in [0.717, 1.165) is 47.1 Å². The first-order valence-corrected chi connectivity index (χ1v) is 14.0. The highest BCUT2D eigenvalue weighted by Gasteiger charge is 2.42. The summed E-state index contributed by atoms with van der Waals surface area (Å²) in [6, 6.07) is 19.4. The van der Waals surface area contributed by atoms with Crippen molar-refractivity contribution in [3.63, 3.8) is 0 Å². The lowest BCUT2D eigenvalue weighted by Gasteiger charge is -2.36. The summed E-state index contributed by atoms with van der Waals surface area (Å²) in [5, 5.41) is 3.40. The number of methoxy groups -OCH3 is 1. The predicted molar refractivity (Wildman–Crippen MR) is 154 cm³/mol. The molecule has 0 radical (unpaired) electrons. The molecule has 0 unspecified atom stereocenters. The third-order valence-corrected chi connectivity index (χ3v) is 8.12. The van der Waals surface area contributed by atoms with Gasteiger partial charge in [0.05, 0.1) is 32.2 Å². The first-order chi connectivity index (χ1) is 20.0. The van der Waals surface area contributed by atoms with Crippen molar-refractivity contribution >= 4 is 17.4 Å². The van der Waals surface area contributed by atoms with Crippen molar-refractivity contribution in [2.75, 3.05) is 38.3 Å². The van der Waals surface area contributed by atoms with E-state index in [1.54, 1.807) is 13.4 Å². The highest BCUT2D eigenvalue weighted by molar-refractivity contribution is 6.04. The van der Waals surface area contributed by atoms with Gasteiger partial charge in [0.15, 0.2) is 5.78 Å². The molecule has 0 amide bonds. The SMILES string of the molecule is COc1ccc(COC(=O)C2=C(C)NC3=C(C(=O)C[C@@H](c4ccco4)C3)[C@@H]2c2ccc(N3CCOCC3)cc2)cc1. The number of anilines is 1. The Balaban J connectivity index is 1.32. The number of allylic oxidation sites excluding steroid dienone is 3. The molecule has 1 N–H and O–H groups in total. The number of hydrogen-bond donors (Lipinski definition) is 1. The summed E-state index contributed by atoms with van der Waals surface area (Å²) in [4.78, 5) is 29.8. The van der Waals surface area contributed by atoms with Crippen molar-refractivity contribution in [3.8, 4) is 5.75 Å². The lowest BCUT2D eigenvalue weighted by atomic mass is 9.72. The summed E-state index contributed by atoms with van der Waals surface area (Å²) in [7, 11) is 1.61. The van der Waals surface area contributed by atoms with Crippen LogP contribution in [0.15, 0.2) is 93.9 Å². The van der Waals surface area contributed by atoms with Gasteiger partial charge in [0.25, 0.3) is 0 Å². The van der Waals surface area contributed by atoms with Crippen LogP contribution in [-0.2, 0) is 25.7 Å². The molecule has 3 aliphatic rings. The lowest BCUT2D eigenvalue weighted by Crippen LogP contribution is -2.36. The highest BCUT2D eigenvalue weighted by Crippen LogP contribution is 2.46. The van der Waals surface area contributed by atoms with E-state index in [1.165, 1.54) is 0 Å². The summed E-state index contributed by atoms with van der Waals surface area (Å²) < 4.78 is 22.2. The fraction of sp³-hybridized carbons (Fsp3) is 0.333. The molecule has 1 aliphatic carbocycles. The second-order valence-electron chi connectivity index (χ2n) is 10.6. The van der Waals surface area contributed by atoms with Gasteiger partial charge in [-0.1, -0.05) is 24.3 Å². The van der Waals surface area contributed by atoms with Gasteiger partial charge in [-0.2, -0.15) is 0 Å². The van der Waals surface area contributed by atoms with Gasteiger partial charge in [-0.25, -0.2) is 4.79 Å². The maximum absolute atomic E-state index is 13.8. The fourth-order valence-electron chi connectivity index (χ4n) is 6.02. The molecule has 2 aromatic carbocycles. The second kappa shape index (κ2) is 11.7. The van der Waals surface area contributed by atoms with Crippen LogP contribution in [0.4, 0.5) is 5.69 Å². The minimum absolute atomic E-state index is 0.00959. The van der Waals surface area contributed by atoms with Crippen LogP contribution >= 0.6 is 0 Å². The normalized spacial score (nSPS) is 20.9. The number of nitrogens with zero attached hydrogens (tertiary/aromatic N) is 1. The van der Waals surface area contributed by atoms with Gasteiger partial charge in [0, 0.05) is 54.0 Å². The Hall–Kier alpha value is -4.30. The molecule has 41 heavy (non-hydrogen) atoms. The fourth-order valence-corrected chi connectivity index (χ4v) is 6.02. The highest BCUT2D eigenvalue weighted by atomic mass is 16.5. The van der Waals surface area contributed by atoms with E-state index < -0.39 is 11.9 Å². The standard InChI is InChI=1S/C33H34N2O6/c1-21-30(33(37)41-20-22-5-11-26(38-2)12-6-22)31(23-7-9-25(10-8-23)35-13-16-39-17-14-35)32-27(34-21)18-24(19-28(32)36)29-4-3-15-40-29/h3-12,15,24,31,34H,13-14,16-20H2,1-2H3/t24-,31+/m0/s1. The average Bonchev–Trinajstić information content (AvgIpc) is 3.55. The summed E-state index contributed by atoms with van der Waals surface area (Å²) in [5.41, 5.74) is 5.46. The number of ketones is 1. The molecule has 0 saturated carbocycles. The number of morpholine rings is 1. The van der Waals surface area contributed by atoms with Crippen molar-refractivity contribution in [2.24, 2.45) is 0 Å². The zero-order valence-corrected chi connectivity index (χ0v) is 23.4. The van der Waals surface area contributed by atoms with Gasteiger partial charge < -0.3 is 28.8 Å². The van der Waals surface area contributed by atoms with Gasteiger partial charge in [-0.05, 0) is 60.9 Å². The number of benzene rings is 2. The van der Waals surface area contributed by atoms with Crippen LogP contribution < -0.4 is 15.0 Å². The van der Waals surface area contributed by atoms with E-state index in [1.807, 2.05) is 55.5 Å². The van der Waals surface area contributed by atoms with Gasteiger partial charge >= 0.3 is 5.97 Å². The van der Waals surface area contributed by atoms with Crippen molar-refractivity contribution in [1.82, 2.24) is 5.32 Å². The first kappa shape index (κ1) is 26.9. The van der Waals surface area contributed by atoms with Gasteiger partial charge in [-0.15, -0.1) is 0 Å². The van der Waals surface area contributed by atoms with E-state index in [9.17, 15) is 9.59 Å². The second-order valence-corrected chi connectivity index (χ2v) is 10.6. The molecule has 6 rings (SSSR count). The zero-order chi connectivity index (χ0) is 28.3. The third kappa shape index (κ3) is 5.52. The molecule has 1 aromatic heterocycles. The lowest BCUT2D eigenvalue weighted by molar-refractivity contribution is -0.140. The maximum atomic E-state index is 13.8. The monoisotopic (exact) mass is 554 g/mol. The Morgan fingerprint density at radius 1 is 1.02 bits per heavy atom. The quantitative estimate of drug-likeness (QED) is 0.397. The summed E-state index contributed by atoms with van der Waals surface area (Å²) in [6.45, 7) is 5.05. The molecule has 1 fully saturated rings. The summed E-state index contributed by atoms with van der Waals surface area (Å²) >= 11 is 0. The number of ether oxygens (including phenoxy) is 3. The van der Waals surface area contributed by atoms with Crippen LogP contribution in [0, 0.1) is 0 Å². The van der Waals surface area contributed by atoms with Gasteiger partial charge in [0.2, 0.25) is 0 Å². The minimum Gasteiger partial charge on any atom is -0.497 e. The van der Waals surface area contributed by atoms with Gasteiger partial charge in [0.1, 0.15) is 18.1 Å². The number of rotatable bonds is 7. The van der Waals surface area contributed by atoms with Crippen LogP contribution in [-0.4, -0.2) is 45.2 Å². The van der Waals surface area contributed by atoms with E-state index in [4.69, 9.17) is 18.6 Å². The number of hydrogen-bond acceptors (Lipinski definition) is 8. The predicted octanol–water partition coefficient (Wildman–Crippen LogP) is 5.23. The molecular formula is C33H34N2O6. The van der Waals surface area contributed by atoms with E-state index in [-0.39, 0.29) is 18.3 Å². The van der Waals surface area contributed by atoms with Crippen LogP contribution in [0.1, 0.15) is 48.5 Å². The maximum Gasteiger partial charge on any atom is 0.337 e. The molecule has 2 atom stereocenters. The Kier molecular flexibility index (Phi) is 7.65. The van der Waals surface area contributed by atoms with Crippen LogP contribution in [0.5, 0.6) is 5.75 Å². The molecule has 8 nitrogen and oxygen atoms in total. The number of carbonyl (C=O) groups is 2. The van der Waals surface area contributed by atoms with Crippen molar-refractivity contribution < 1.29 is 28.2 Å². The number of furan rings is 1. The topological polar surface area (TPSA) is 90.2 Å². The summed E-state index contributed by atoms with van der Waals surface area (Å²) in [6.07, 6.45) is 2.59. The smallest absolute Gasteiger partial charge is 0.337 e. The molecule has 3 heterocycles. The molecule has 212 valence electrons. The summed E-state index contributed by atoms with van der Waals surface area (Å²) in [5.74, 6) is 0.516. The molecule has 3 aromatic rings. The molecule has 0 spiro atoms. The van der Waals surface area contributed by atoms with Crippen molar-refractivity contribution in [3.05, 3.63) is 106 Å². The molecule has 8 heteroatoms. The number of dihydropyridines is 1. The number of nitrogens with one attached hydrogen (secondary N) is 1. The Labute approximate surface area is 239 Å². The molecule has 0 bridgehead atoms. The number of carbonyl (C=O) groups excluding carboxylic acids is 2. The van der Waals surface area contributed by atoms with Gasteiger partial charge in [-0.3, -0.25) is 4.79 Å². The van der Waals surface area contributed by atoms with E-state index in [0.29, 0.717) is 42.9 Å². The van der Waals surface area contributed by atoms with E-state index in [2.05, 4.69) is 22.3 Å². The third-order valence-electron chi connectivity index (χ3n) is 8.12. The Morgan fingerprint density at radius 2 is 1.78 bits per heavy atom. The van der Waals surface area contributed by atoms with Crippen molar-refractivity contribution in [2.45, 2.75) is 38.2 Å². The van der Waals surface area contributed by atoms with Crippen LogP contribution in [0.25, 0.3) is 0 Å². The Morgan fingerprint density at radius 3 is 2.46 bits per heavy atom. The largest absolute Gasteiger partial charge is 0.497 e.